The van der Waals surface area contributed by atoms with Crippen LogP contribution < -0.4 is 0 Å². The van der Waals surface area contributed by atoms with E-state index in [0.717, 1.165) is 5.56 Å². The van der Waals surface area contributed by atoms with E-state index in [0.29, 0.717) is 0 Å². The Morgan fingerprint density at radius 1 is 1.40 bits per heavy atom. The summed E-state index contributed by atoms with van der Waals surface area (Å²) < 4.78 is 0. The van der Waals surface area contributed by atoms with Crippen molar-refractivity contribution < 1.29 is 9.90 Å². The average molecular weight is 203 g/mol. The molecule has 3 nitrogen and oxygen atoms in total. The van der Waals surface area contributed by atoms with Gasteiger partial charge >= 0.3 is 5.97 Å². The van der Waals surface area contributed by atoms with Gasteiger partial charge < -0.3 is 5.11 Å². The monoisotopic (exact) mass is 203 g/mol. The summed E-state index contributed by atoms with van der Waals surface area (Å²) in [6.45, 7) is 6.05. The molecule has 0 bridgehead atoms. The van der Waals surface area contributed by atoms with Gasteiger partial charge in [-0.15, -0.1) is 0 Å². The van der Waals surface area contributed by atoms with Crippen LogP contribution in [0.2, 0.25) is 0 Å². The van der Waals surface area contributed by atoms with Gasteiger partial charge in [0.25, 0.3) is 0 Å². The minimum Gasteiger partial charge on any atom is -0.478 e. The molecule has 0 saturated carbocycles. The van der Waals surface area contributed by atoms with Crippen LogP contribution in [-0.4, -0.2) is 11.1 Å². The first-order chi connectivity index (χ1) is 6.86. The second-order valence-electron chi connectivity index (χ2n) is 4.43. The maximum atomic E-state index is 10.8. The minimum atomic E-state index is -1.06. The Labute approximate surface area is 89.0 Å². The first-order valence-electron chi connectivity index (χ1n) is 4.64. The minimum absolute atomic E-state index is 0.0606. The van der Waals surface area contributed by atoms with Gasteiger partial charge in [-0.25, -0.2) is 4.79 Å². The molecule has 0 spiro atoms. The van der Waals surface area contributed by atoms with E-state index in [2.05, 4.69) is 0 Å². The highest BCUT2D eigenvalue weighted by Crippen LogP contribution is 2.24. The van der Waals surface area contributed by atoms with Gasteiger partial charge in [-0.2, -0.15) is 5.26 Å². The lowest BCUT2D eigenvalue weighted by molar-refractivity contribution is 0.0696. The van der Waals surface area contributed by atoms with E-state index in [1.165, 1.54) is 6.07 Å². The summed E-state index contributed by atoms with van der Waals surface area (Å²) >= 11 is 0. The van der Waals surface area contributed by atoms with Gasteiger partial charge in [-0.1, -0.05) is 26.8 Å². The Morgan fingerprint density at radius 3 is 2.40 bits per heavy atom. The fraction of sp³-hybridized carbons (Fsp3) is 0.333. The van der Waals surface area contributed by atoms with E-state index < -0.39 is 5.97 Å². The highest BCUT2D eigenvalue weighted by molar-refractivity contribution is 5.90. The first-order valence-corrected chi connectivity index (χ1v) is 4.64. The molecule has 0 aliphatic carbocycles. The predicted octanol–water partition coefficient (Wildman–Crippen LogP) is 2.55. The number of carboxylic acids is 1. The van der Waals surface area contributed by atoms with Gasteiger partial charge in [0.2, 0.25) is 0 Å². The molecule has 1 aromatic rings. The quantitative estimate of drug-likeness (QED) is 0.763. The predicted molar refractivity (Wildman–Crippen MR) is 56.8 cm³/mol. The number of carbonyl (C=O) groups is 1. The molecule has 0 fully saturated rings. The summed E-state index contributed by atoms with van der Waals surface area (Å²) in [5.74, 6) is -1.06. The van der Waals surface area contributed by atoms with Crippen LogP contribution in [0, 0.1) is 11.3 Å². The lowest BCUT2D eigenvalue weighted by Crippen LogP contribution is -2.12. The third-order valence-electron chi connectivity index (χ3n) is 2.24. The van der Waals surface area contributed by atoms with Crippen molar-refractivity contribution >= 4 is 5.97 Å². The van der Waals surface area contributed by atoms with Crippen LogP contribution in [0.15, 0.2) is 18.2 Å². The van der Waals surface area contributed by atoms with Crippen molar-refractivity contribution in [1.82, 2.24) is 0 Å². The molecule has 1 rings (SSSR count). The van der Waals surface area contributed by atoms with Crippen LogP contribution in [0.5, 0.6) is 0 Å². The Kier molecular flexibility index (Phi) is 2.81. The number of hydrogen-bond donors (Lipinski definition) is 1. The van der Waals surface area contributed by atoms with Crippen molar-refractivity contribution in [3.05, 3.63) is 34.9 Å². The summed E-state index contributed by atoms with van der Waals surface area (Å²) in [6.07, 6.45) is 0. The second kappa shape index (κ2) is 3.74. The number of hydrogen-bond acceptors (Lipinski definition) is 2. The van der Waals surface area contributed by atoms with Crippen molar-refractivity contribution in [3.8, 4) is 6.07 Å². The Balaban J connectivity index is 3.34. The van der Waals surface area contributed by atoms with Gasteiger partial charge in [0.15, 0.2) is 0 Å². The zero-order chi connectivity index (χ0) is 11.6. The molecule has 3 heteroatoms. The summed E-state index contributed by atoms with van der Waals surface area (Å²) in [6, 6.07) is 6.79. The summed E-state index contributed by atoms with van der Waals surface area (Å²) in [7, 11) is 0. The van der Waals surface area contributed by atoms with E-state index in [1.54, 1.807) is 12.1 Å². The molecule has 0 unspecified atom stereocenters. The fourth-order valence-corrected chi connectivity index (χ4v) is 1.29. The zero-order valence-electron chi connectivity index (χ0n) is 9.03. The Morgan fingerprint density at radius 2 is 2.00 bits per heavy atom. The van der Waals surface area contributed by atoms with E-state index in [4.69, 9.17) is 10.4 Å². The molecule has 15 heavy (non-hydrogen) atoms. The standard InChI is InChI=1S/C12H13NO2/c1-12(2,3)9-4-5-10(11(14)15)8(6-9)7-13/h4-6H,1-3H3,(H,14,15). The number of carboxylic acid groups (broad SMARTS) is 1. The Hall–Kier alpha value is -1.82. The number of aromatic carboxylic acids is 1. The van der Waals surface area contributed by atoms with Crippen LogP contribution in [-0.2, 0) is 5.41 Å². The van der Waals surface area contributed by atoms with E-state index in [9.17, 15) is 4.79 Å². The van der Waals surface area contributed by atoms with Crippen LogP contribution in [0.25, 0.3) is 0 Å². The molecule has 78 valence electrons. The molecule has 1 aromatic carbocycles. The molecular formula is C12H13NO2. The van der Waals surface area contributed by atoms with Crippen LogP contribution in [0.1, 0.15) is 42.3 Å². The van der Waals surface area contributed by atoms with Gasteiger partial charge in [-0.05, 0) is 23.1 Å². The number of rotatable bonds is 1. The zero-order valence-corrected chi connectivity index (χ0v) is 9.03. The molecule has 0 saturated heterocycles. The van der Waals surface area contributed by atoms with Gasteiger partial charge in [0.1, 0.15) is 6.07 Å². The van der Waals surface area contributed by atoms with Gasteiger partial charge in [-0.3, -0.25) is 0 Å². The maximum absolute atomic E-state index is 10.8. The van der Waals surface area contributed by atoms with Crippen molar-refractivity contribution in [2.45, 2.75) is 26.2 Å². The summed E-state index contributed by atoms with van der Waals surface area (Å²) in [5, 5.41) is 17.7. The molecule has 0 radical (unpaired) electrons. The topological polar surface area (TPSA) is 61.1 Å². The van der Waals surface area contributed by atoms with E-state index >= 15 is 0 Å². The second-order valence-corrected chi connectivity index (χ2v) is 4.43. The first kappa shape index (κ1) is 11.3. The van der Waals surface area contributed by atoms with Gasteiger partial charge in [0, 0.05) is 0 Å². The highest BCUT2D eigenvalue weighted by atomic mass is 16.4. The van der Waals surface area contributed by atoms with Crippen LogP contribution >= 0.6 is 0 Å². The van der Waals surface area contributed by atoms with Crippen molar-refractivity contribution in [3.63, 3.8) is 0 Å². The average Bonchev–Trinajstić information content (AvgIpc) is 2.15. The summed E-state index contributed by atoms with van der Waals surface area (Å²) in [5.41, 5.74) is 1.16. The molecule has 0 heterocycles. The number of nitriles is 1. The van der Waals surface area contributed by atoms with Gasteiger partial charge in [0.05, 0.1) is 11.1 Å². The number of benzene rings is 1. The molecular weight excluding hydrogens is 190 g/mol. The fourth-order valence-electron chi connectivity index (χ4n) is 1.29. The van der Waals surface area contributed by atoms with Crippen LogP contribution in [0.4, 0.5) is 0 Å². The highest BCUT2D eigenvalue weighted by Gasteiger charge is 2.17. The summed E-state index contributed by atoms with van der Waals surface area (Å²) in [4.78, 5) is 10.8. The maximum Gasteiger partial charge on any atom is 0.337 e. The lowest BCUT2D eigenvalue weighted by atomic mass is 9.85. The molecule has 0 aliphatic rings. The smallest absolute Gasteiger partial charge is 0.337 e. The molecule has 0 aliphatic heterocycles. The molecule has 0 atom stereocenters. The van der Waals surface area contributed by atoms with E-state index in [1.807, 2.05) is 26.8 Å². The lowest BCUT2D eigenvalue weighted by Gasteiger charge is -2.19. The van der Waals surface area contributed by atoms with Crippen molar-refractivity contribution in [1.29, 1.82) is 5.26 Å². The largest absolute Gasteiger partial charge is 0.478 e. The van der Waals surface area contributed by atoms with Crippen LogP contribution in [0.3, 0.4) is 0 Å². The third kappa shape index (κ3) is 2.35. The number of nitrogens with zero attached hydrogens (tertiary/aromatic N) is 1. The molecule has 0 amide bonds. The van der Waals surface area contributed by atoms with E-state index in [-0.39, 0.29) is 16.5 Å². The Bertz CT molecular complexity index is 436. The SMILES string of the molecule is CC(C)(C)c1ccc(C(=O)O)c(C#N)c1. The van der Waals surface area contributed by atoms with Crippen molar-refractivity contribution in [2.75, 3.05) is 0 Å². The normalized spacial score (nSPS) is 10.8. The molecule has 0 aromatic heterocycles. The molecule has 1 N–H and O–H groups in total. The van der Waals surface area contributed by atoms with Crippen molar-refractivity contribution in [2.24, 2.45) is 0 Å². The third-order valence-corrected chi connectivity index (χ3v) is 2.24.